The Morgan fingerprint density at radius 2 is 2.23 bits per heavy atom. The van der Waals surface area contributed by atoms with Crippen LogP contribution >= 0.6 is 0 Å². The van der Waals surface area contributed by atoms with Crippen LogP contribution in [0, 0.1) is 5.41 Å². The van der Waals surface area contributed by atoms with Gasteiger partial charge in [0, 0.05) is 38.1 Å². The molecule has 22 heavy (non-hydrogen) atoms. The summed E-state index contributed by atoms with van der Waals surface area (Å²) in [6.07, 6.45) is 2.21. The van der Waals surface area contributed by atoms with E-state index in [0.29, 0.717) is 13.1 Å². The van der Waals surface area contributed by atoms with Crippen LogP contribution in [0.3, 0.4) is 0 Å². The van der Waals surface area contributed by atoms with Crippen molar-refractivity contribution < 1.29 is 14.6 Å². The number of nitrogens with zero attached hydrogens (tertiary/aromatic N) is 1. The van der Waals surface area contributed by atoms with Crippen LogP contribution in [0.2, 0.25) is 0 Å². The molecular formula is C15H20N4O3. The van der Waals surface area contributed by atoms with Crippen molar-refractivity contribution >= 4 is 23.6 Å². The van der Waals surface area contributed by atoms with Gasteiger partial charge >= 0.3 is 5.97 Å². The third-order valence-corrected chi connectivity index (χ3v) is 3.54. The highest BCUT2D eigenvalue weighted by molar-refractivity contribution is 5.91. The normalized spacial score (nSPS) is 15.0. The Bertz CT molecular complexity index is 594. The fourth-order valence-electron chi connectivity index (χ4n) is 2.35. The number of hydrogen-bond donors (Lipinski definition) is 4. The van der Waals surface area contributed by atoms with Gasteiger partial charge in [-0.05, 0) is 18.2 Å². The number of carboxylic acids is 1. The van der Waals surface area contributed by atoms with Crippen molar-refractivity contribution in [1.82, 2.24) is 5.32 Å². The lowest BCUT2D eigenvalue weighted by Crippen LogP contribution is -2.58. The molecule has 0 aromatic heterocycles. The zero-order chi connectivity index (χ0) is 16.1. The Hall–Kier alpha value is -2.70. The molecule has 1 aromatic carbocycles. The molecule has 1 saturated heterocycles. The third kappa shape index (κ3) is 3.30. The van der Waals surface area contributed by atoms with Gasteiger partial charge in [0.2, 0.25) is 0 Å². The topological polar surface area (TPSA) is 97.7 Å². The number of nitrogens with one attached hydrogen (secondary N) is 3. The van der Waals surface area contributed by atoms with Crippen LogP contribution in [0.4, 0.5) is 11.4 Å². The van der Waals surface area contributed by atoms with Crippen LogP contribution in [-0.4, -0.2) is 50.6 Å². The van der Waals surface area contributed by atoms with Crippen LogP contribution in [-0.2, 0) is 4.79 Å². The second kappa shape index (κ2) is 6.84. The molecule has 1 aromatic rings. The highest BCUT2D eigenvalue weighted by atomic mass is 16.5. The minimum absolute atomic E-state index is 0.0442. The number of aliphatic carboxylic acids is 1. The molecule has 0 atom stereocenters. The van der Waals surface area contributed by atoms with E-state index in [2.05, 4.69) is 15.5 Å². The second-order valence-electron chi connectivity index (χ2n) is 4.93. The van der Waals surface area contributed by atoms with Crippen molar-refractivity contribution in [3.8, 4) is 5.75 Å². The zero-order valence-corrected chi connectivity index (χ0v) is 12.6. The third-order valence-electron chi connectivity index (χ3n) is 3.54. The zero-order valence-electron chi connectivity index (χ0n) is 12.6. The number of ether oxygens (including phenoxy) is 1. The number of anilines is 2. The molecule has 4 N–H and O–H groups in total. The number of methoxy groups -OCH3 is 1. The molecule has 1 fully saturated rings. The fourth-order valence-corrected chi connectivity index (χ4v) is 2.35. The molecule has 0 saturated carbocycles. The van der Waals surface area contributed by atoms with Crippen LogP contribution in [0.5, 0.6) is 5.75 Å². The smallest absolute Gasteiger partial charge is 0.352 e. The molecule has 0 bridgehead atoms. The predicted octanol–water partition coefficient (Wildman–Crippen LogP) is 1.13. The average molecular weight is 304 g/mol. The molecule has 0 spiro atoms. The van der Waals surface area contributed by atoms with Crippen LogP contribution in [0.1, 0.15) is 0 Å². The Morgan fingerprint density at radius 1 is 1.50 bits per heavy atom. The van der Waals surface area contributed by atoms with E-state index < -0.39 is 5.97 Å². The van der Waals surface area contributed by atoms with Crippen molar-refractivity contribution in [2.75, 3.05) is 37.5 Å². The Balaban J connectivity index is 1.98. The highest BCUT2D eigenvalue weighted by Gasteiger charge is 2.28. The molecule has 1 aliphatic rings. The van der Waals surface area contributed by atoms with Gasteiger partial charge in [0.25, 0.3) is 0 Å². The van der Waals surface area contributed by atoms with Crippen molar-refractivity contribution in [3.63, 3.8) is 0 Å². The summed E-state index contributed by atoms with van der Waals surface area (Å²) in [6, 6.07) is 5.95. The van der Waals surface area contributed by atoms with Gasteiger partial charge in [-0.15, -0.1) is 0 Å². The minimum Gasteiger partial charge on any atom is -0.495 e. The molecule has 2 rings (SSSR count). The van der Waals surface area contributed by atoms with E-state index in [1.54, 1.807) is 7.11 Å². The molecule has 7 heteroatoms. The second-order valence-corrected chi connectivity index (χ2v) is 4.93. The summed E-state index contributed by atoms with van der Waals surface area (Å²) in [4.78, 5) is 13.1. The van der Waals surface area contributed by atoms with Crippen LogP contribution < -0.4 is 20.3 Å². The first-order valence-corrected chi connectivity index (χ1v) is 6.90. The van der Waals surface area contributed by atoms with Gasteiger partial charge in [0.05, 0.1) is 18.8 Å². The van der Waals surface area contributed by atoms with Crippen LogP contribution in [0.15, 0.2) is 30.0 Å². The first-order chi connectivity index (χ1) is 10.6. The summed E-state index contributed by atoms with van der Waals surface area (Å²) in [5.74, 6) is -0.284. The molecule has 1 aliphatic heterocycles. The summed E-state index contributed by atoms with van der Waals surface area (Å²) in [5.41, 5.74) is 1.99. The van der Waals surface area contributed by atoms with Gasteiger partial charge in [-0.2, -0.15) is 0 Å². The number of benzene rings is 1. The largest absolute Gasteiger partial charge is 0.495 e. The summed E-state index contributed by atoms with van der Waals surface area (Å²) in [6.45, 7) is 1.40. The van der Waals surface area contributed by atoms with Crippen LogP contribution in [0.25, 0.3) is 0 Å². The molecule has 0 unspecified atom stereocenters. The molecular weight excluding hydrogens is 284 g/mol. The van der Waals surface area contributed by atoms with E-state index in [-0.39, 0.29) is 11.7 Å². The number of hydrogen-bond acceptors (Lipinski definition) is 6. The number of carboxylic acid groups (broad SMARTS) is 1. The maximum Gasteiger partial charge on any atom is 0.352 e. The van der Waals surface area contributed by atoms with E-state index in [9.17, 15) is 4.79 Å². The van der Waals surface area contributed by atoms with Gasteiger partial charge in [-0.25, -0.2) is 4.79 Å². The summed E-state index contributed by atoms with van der Waals surface area (Å²) in [5, 5.41) is 22.0. The standard InChI is InChI=1S/C15H20N4O3/c1-17-12-4-3-11(7-14(12)22-2)19-8-10(9-19)18-13(5-6-16)15(20)21/h3-7,10,16-18H,8-9H2,1-2H3,(H,20,21)/b13-5-,16-6?. The summed E-state index contributed by atoms with van der Waals surface area (Å²) >= 11 is 0. The first kappa shape index (κ1) is 15.7. The van der Waals surface area contributed by atoms with E-state index in [1.807, 2.05) is 25.2 Å². The Morgan fingerprint density at radius 3 is 2.77 bits per heavy atom. The predicted molar refractivity (Wildman–Crippen MR) is 86.2 cm³/mol. The quantitative estimate of drug-likeness (QED) is 0.445. The highest BCUT2D eigenvalue weighted by Crippen LogP contribution is 2.31. The molecule has 118 valence electrons. The van der Waals surface area contributed by atoms with Crippen molar-refractivity contribution in [2.45, 2.75) is 6.04 Å². The average Bonchev–Trinajstić information content (AvgIpc) is 2.48. The molecule has 7 nitrogen and oxygen atoms in total. The summed E-state index contributed by atoms with van der Waals surface area (Å²) in [7, 11) is 3.46. The summed E-state index contributed by atoms with van der Waals surface area (Å²) < 4.78 is 5.33. The minimum atomic E-state index is -1.05. The van der Waals surface area contributed by atoms with Gasteiger partial charge in [0.1, 0.15) is 11.4 Å². The van der Waals surface area contributed by atoms with Gasteiger partial charge < -0.3 is 30.8 Å². The molecule has 1 heterocycles. The Kier molecular flexibility index (Phi) is 4.88. The van der Waals surface area contributed by atoms with E-state index in [4.69, 9.17) is 15.3 Å². The first-order valence-electron chi connectivity index (χ1n) is 6.90. The Labute approximate surface area is 129 Å². The lowest BCUT2D eigenvalue weighted by atomic mass is 10.1. The van der Waals surface area contributed by atoms with Gasteiger partial charge in [0.15, 0.2) is 0 Å². The SMILES string of the molecule is CNc1ccc(N2CC(N/C(=C\C=N)C(=O)O)C2)cc1OC. The molecule has 0 amide bonds. The maximum absolute atomic E-state index is 11.0. The van der Waals surface area contributed by atoms with Crippen molar-refractivity contribution in [2.24, 2.45) is 0 Å². The van der Waals surface area contributed by atoms with Gasteiger partial charge in [-0.1, -0.05) is 0 Å². The lowest BCUT2D eigenvalue weighted by molar-refractivity contribution is -0.133. The van der Waals surface area contributed by atoms with Crippen molar-refractivity contribution in [3.05, 3.63) is 30.0 Å². The van der Waals surface area contributed by atoms with E-state index in [1.165, 1.54) is 6.08 Å². The fraction of sp³-hybridized carbons (Fsp3) is 0.333. The number of allylic oxidation sites excluding steroid dienone is 1. The van der Waals surface area contributed by atoms with E-state index >= 15 is 0 Å². The molecule has 0 aliphatic carbocycles. The van der Waals surface area contributed by atoms with Crippen molar-refractivity contribution in [1.29, 1.82) is 5.41 Å². The number of rotatable bonds is 7. The molecule has 0 radical (unpaired) electrons. The van der Waals surface area contributed by atoms with Gasteiger partial charge in [-0.3, -0.25) is 0 Å². The lowest BCUT2D eigenvalue weighted by Gasteiger charge is -2.42. The monoisotopic (exact) mass is 304 g/mol. The van der Waals surface area contributed by atoms with E-state index in [0.717, 1.165) is 23.3 Å². The maximum atomic E-state index is 11.0. The number of carbonyl (C=O) groups is 1.